The van der Waals surface area contributed by atoms with E-state index in [-0.39, 0.29) is 23.8 Å². The molecule has 0 spiro atoms. The normalized spacial score (nSPS) is 26.6. The first kappa shape index (κ1) is 13.6. The topological polar surface area (TPSA) is 40.6 Å². The largest absolute Gasteiger partial charge is 0.342 e. The van der Waals surface area contributed by atoms with Crippen molar-refractivity contribution in [2.75, 3.05) is 19.6 Å². The van der Waals surface area contributed by atoms with E-state index in [4.69, 9.17) is 0 Å². The lowest BCUT2D eigenvalue weighted by atomic mass is 10.0. The zero-order chi connectivity index (χ0) is 14.1. The quantitative estimate of drug-likeness (QED) is 0.857. The van der Waals surface area contributed by atoms with Gasteiger partial charge < -0.3 is 9.80 Å². The Morgan fingerprint density at radius 2 is 2.35 bits per heavy atom. The van der Waals surface area contributed by atoms with Crippen molar-refractivity contribution < 1.29 is 9.59 Å². The molecule has 2 aliphatic heterocycles. The summed E-state index contributed by atoms with van der Waals surface area (Å²) in [5, 5.41) is 4.20. The van der Waals surface area contributed by atoms with Crippen molar-refractivity contribution in [3.8, 4) is 0 Å². The third kappa shape index (κ3) is 2.35. The van der Waals surface area contributed by atoms with Gasteiger partial charge in [0, 0.05) is 26.1 Å². The molecule has 3 rings (SSSR count). The average molecular weight is 292 g/mol. The van der Waals surface area contributed by atoms with Gasteiger partial charge in [-0.2, -0.15) is 11.3 Å². The number of hydrogen-bond acceptors (Lipinski definition) is 3. The van der Waals surface area contributed by atoms with Crippen LogP contribution in [0.4, 0.5) is 0 Å². The van der Waals surface area contributed by atoms with Crippen LogP contribution in [0.5, 0.6) is 0 Å². The number of likely N-dealkylation sites (tertiary alicyclic amines) is 2. The van der Waals surface area contributed by atoms with Crippen LogP contribution in [0.3, 0.4) is 0 Å². The molecule has 20 heavy (non-hydrogen) atoms. The Balaban J connectivity index is 1.72. The molecule has 3 heterocycles. The number of carbonyl (C=O) groups excluding carboxylic acids is 2. The summed E-state index contributed by atoms with van der Waals surface area (Å²) in [6.45, 7) is 4.10. The standard InChI is InChI=1S/C15H20N2O2S/c1-2-16-9-12(8-14(16)18)15(19)17-6-3-4-13(17)11-5-7-20-10-11/h5,7,10,12-13H,2-4,6,8-9H2,1H3/t12-,13+/m1/s1. The number of amides is 2. The van der Waals surface area contributed by atoms with E-state index in [0.29, 0.717) is 19.5 Å². The number of rotatable bonds is 3. The summed E-state index contributed by atoms with van der Waals surface area (Å²) in [6, 6.07) is 2.33. The van der Waals surface area contributed by atoms with E-state index in [1.54, 1.807) is 16.2 Å². The fourth-order valence-corrected chi connectivity index (χ4v) is 4.03. The van der Waals surface area contributed by atoms with Gasteiger partial charge in [0.15, 0.2) is 0 Å². The van der Waals surface area contributed by atoms with Crippen molar-refractivity contribution in [2.24, 2.45) is 5.92 Å². The number of thiophene rings is 1. The second-order valence-corrected chi connectivity index (χ2v) is 6.36. The SMILES string of the molecule is CCN1C[C@H](C(=O)N2CCC[C@H]2c2ccsc2)CC1=O. The van der Waals surface area contributed by atoms with Crippen LogP contribution in [0.1, 0.15) is 37.8 Å². The van der Waals surface area contributed by atoms with Crippen molar-refractivity contribution >= 4 is 23.2 Å². The Hall–Kier alpha value is -1.36. The van der Waals surface area contributed by atoms with Crippen LogP contribution in [-0.4, -0.2) is 41.2 Å². The highest BCUT2D eigenvalue weighted by molar-refractivity contribution is 7.07. The smallest absolute Gasteiger partial charge is 0.228 e. The molecule has 0 aromatic carbocycles. The van der Waals surface area contributed by atoms with Gasteiger partial charge in [-0.3, -0.25) is 9.59 Å². The van der Waals surface area contributed by atoms with E-state index in [2.05, 4.69) is 16.8 Å². The summed E-state index contributed by atoms with van der Waals surface area (Å²) < 4.78 is 0. The van der Waals surface area contributed by atoms with Gasteiger partial charge in [0.25, 0.3) is 0 Å². The van der Waals surface area contributed by atoms with Crippen LogP contribution in [-0.2, 0) is 9.59 Å². The minimum atomic E-state index is -0.137. The summed E-state index contributed by atoms with van der Waals surface area (Å²) in [5.41, 5.74) is 1.25. The lowest BCUT2D eigenvalue weighted by molar-refractivity contribution is -0.136. The molecule has 2 saturated heterocycles. The summed E-state index contributed by atoms with van der Waals surface area (Å²) in [7, 11) is 0. The minimum absolute atomic E-state index is 0.122. The molecule has 2 fully saturated rings. The van der Waals surface area contributed by atoms with Gasteiger partial charge in [-0.25, -0.2) is 0 Å². The van der Waals surface area contributed by atoms with Crippen molar-refractivity contribution in [3.63, 3.8) is 0 Å². The van der Waals surface area contributed by atoms with Crippen LogP contribution in [0, 0.1) is 5.92 Å². The molecule has 1 aromatic heterocycles. The molecule has 0 N–H and O–H groups in total. The Bertz CT molecular complexity index is 500. The Morgan fingerprint density at radius 3 is 3.00 bits per heavy atom. The predicted octanol–water partition coefficient (Wildman–Crippen LogP) is 2.28. The zero-order valence-electron chi connectivity index (χ0n) is 11.7. The van der Waals surface area contributed by atoms with Gasteiger partial charge in [-0.05, 0) is 42.2 Å². The Kier molecular flexibility index (Phi) is 3.78. The number of hydrogen-bond donors (Lipinski definition) is 0. The number of carbonyl (C=O) groups is 2. The molecule has 108 valence electrons. The molecule has 2 aliphatic rings. The maximum atomic E-state index is 12.7. The van der Waals surface area contributed by atoms with Crippen LogP contribution >= 0.6 is 11.3 Å². The predicted molar refractivity (Wildman–Crippen MR) is 78.4 cm³/mol. The molecule has 1 aromatic rings. The van der Waals surface area contributed by atoms with Gasteiger partial charge >= 0.3 is 0 Å². The van der Waals surface area contributed by atoms with E-state index >= 15 is 0 Å². The molecule has 4 nitrogen and oxygen atoms in total. The van der Waals surface area contributed by atoms with Gasteiger partial charge in [-0.1, -0.05) is 0 Å². The van der Waals surface area contributed by atoms with Gasteiger partial charge in [0.2, 0.25) is 11.8 Å². The van der Waals surface area contributed by atoms with Crippen LogP contribution in [0.25, 0.3) is 0 Å². The highest BCUT2D eigenvalue weighted by Gasteiger charge is 2.39. The molecular weight excluding hydrogens is 272 g/mol. The molecule has 5 heteroatoms. The zero-order valence-corrected chi connectivity index (χ0v) is 12.6. The second-order valence-electron chi connectivity index (χ2n) is 5.58. The van der Waals surface area contributed by atoms with Crippen LogP contribution in [0.2, 0.25) is 0 Å². The monoisotopic (exact) mass is 292 g/mol. The average Bonchev–Trinajstić information content (AvgIpc) is 3.17. The fourth-order valence-electron chi connectivity index (χ4n) is 3.32. The minimum Gasteiger partial charge on any atom is -0.342 e. The van der Waals surface area contributed by atoms with Crippen molar-refractivity contribution in [3.05, 3.63) is 22.4 Å². The first-order valence-electron chi connectivity index (χ1n) is 7.31. The molecular formula is C15H20N2O2S. The second kappa shape index (κ2) is 5.56. The highest BCUT2D eigenvalue weighted by Crippen LogP contribution is 2.35. The van der Waals surface area contributed by atoms with E-state index in [1.807, 2.05) is 11.8 Å². The number of nitrogens with zero attached hydrogens (tertiary/aromatic N) is 2. The summed E-state index contributed by atoms with van der Waals surface area (Å²) in [4.78, 5) is 28.3. The Morgan fingerprint density at radius 1 is 1.50 bits per heavy atom. The molecule has 0 radical (unpaired) electrons. The summed E-state index contributed by atoms with van der Waals surface area (Å²) in [5.74, 6) is 0.154. The molecule has 2 atom stereocenters. The lowest BCUT2D eigenvalue weighted by Crippen LogP contribution is -2.37. The van der Waals surface area contributed by atoms with Crippen molar-refractivity contribution in [1.29, 1.82) is 0 Å². The molecule has 0 aliphatic carbocycles. The van der Waals surface area contributed by atoms with Gasteiger partial charge in [0.1, 0.15) is 0 Å². The molecule has 0 unspecified atom stereocenters. The molecule has 0 bridgehead atoms. The van der Waals surface area contributed by atoms with E-state index < -0.39 is 0 Å². The third-order valence-corrected chi connectivity index (χ3v) is 5.11. The van der Waals surface area contributed by atoms with Gasteiger partial charge in [-0.15, -0.1) is 0 Å². The first-order valence-corrected chi connectivity index (χ1v) is 8.25. The Labute approximate surface area is 123 Å². The van der Waals surface area contributed by atoms with Crippen molar-refractivity contribution in [1.82, 2.24) is 9.80 Å². The first-order chi connectivity index (χ1) is 9.70. The summed E-state index contributed by atoms with van der Waals surface area (Å²) >= 11 is 1.68. The summed E-state index contributed by atoms with van der Waals surface area (Å²) in [6.07, 6.45) is 2.49. The third-order valence-electron chi connectivity index (χ3n) is 4.41. The maximum absolute atomic E-state index is 12.7. The van der Waals surface area contributed by atoms with E-state index in [9.17, 15) is 9.59 Å². The maximum Gasteiger partial charge on any atom is 0.228 e. The van der Waals surface area contributed by atoms with Crippen LogP contribution < -0.4 is 0 Å². The highest BCUT2D eigenvalue weighted by atomic mass is 32.1. The van der Waals surface area contributed by atoms with E-state index in [0.717, 1.165) is 19.4 Å². The van der Waals surface area contributed by atoms with E-state index in [1.165, 1.54) is 5.56 Å². The molecule has 0 saturated carbocycles. The van der Waals surface area contributed by atoms with Crippen LogP contribution in [0.15, 0.2) is 16.8 Å². The molecule has 2 amide bonds. The van der Waals surface area contributed by atoms with Crippen molar-refractivity contribution in [2.45, 2.75) is 32.2 Å². The fraction of sp³-hybridized carbons (Fsp3) is 0.600. The van der Waals surface area contributed by atoms with Gasteiger partial charge in [0.05, 0.1) is 12.0 Å². The lowest BCUT2D eigenvalue weighted by Gasteiger charge is -2.27.